The second-order valence-corrected chi connectivity index (χ2v) is 5.68. The molecule has 0 aliphatic heterocycles. The lowest BCUT2D eigenvalue weighted by Gasteiger charge is -2.29. The van der Waals surface area contributed by atoms with Crippen LogP contribution in [-0.4, -0.2) is 32.9 Å². The first-order valence-electron chi connectivity index (χ1n) is 6.93. The molecule has 1 aliphatic rings. The molecule has 1 aromatic rings. The van der Waals surface area contributed by atoms with Crippen LogP contribution in [0.1, 0.15) is 50.0 Å². The number of aliphatic hydroxyl groups excluding tert-OH is 1. The quantitative estimate of drug-likeness (QED) is 0.866. The van der Waals surface area contributed by atoms with E-state index in [0.29, 0.717) is 0 Å². The van der Waals surface area contributed by atoms with Gasteiger partial charge in [0.15, 0.2) is 0 Å². The molecule has 5 heteroatoms. The first kappa shape index (κ1) is 14.1. The summed E-state index contributed by atoms with van der Waals surface area (Å²) in [5, 5.41) is 16.9. The van der Waals surface area contributed by atoms with E-state index in [2.05, 4.69) is 10.4 Å². The number of hydrogen-bond donors (Lipinski definition) is 2. The van der Waals surface area contributed by atoms with Crippen molar-refractivity contribution in [2.45, 2.75) is 58.0 Å². The largest absolute Gasteiger partial charge is 0.394 e. The van der Waals surface area contributed by atoms with Crippen LogP contribution in [0.3, 0.4) is 0 Å². The summed E-state index contributed by atoms with van der Waals surface area (Å²) in [6.45, 7) is 5.72. The van der Waals surface area contributed by atoms with Crippen LogP contribution in [-0.2, 0) is 4.79 Å². The predicted molar refractivity (Wildman–Crippen MR) is 72.8 cm³/mol. The van der Waals surface area contributed by atoms with Gasteiger partial charge < -0.3 is 10.4 Å². The number of carbonyl (C=O) groups excluding carboxylic acids is 1. The molecule has 0 aromatic carbocycles. The van der Waals surface area contributed by atoms with Crippen LogP contribution in [0.15, 0.2) is 6.07 Å². The molecule has 0 saturated heterocycles. The van der Waals surface area contributed by atoms with Crippen LogP contribution in [0.2, 0.25) is 0 Å². The van der Waals surface area contributed by atoms with E-state index in [1.807, 2.05) is 26.8 Å². The number of aryl methyl sites for hydroxylation is 2. The van der Waals surface area contributed by atoms with E-state index < -0.39 is 5.54 Å². The fraction of sp³-hybridized carbons (Fsp3) is 0.714. The Balaban J connectivity index is 2.09. The van der Waals surface area contributed by atoms with Crippen LogP contribution in [0.4, 0.5) is 0 Å². The van der Waals surface area contributed by atoms with E-state index in [9.17, 15) is 9.90 Å². The SMILES string of the molecule is Cc1cc(C)n(C(C)C(=O)NC2(CO)CCCC2)n1. The van der Waals surface area contributed by atoms with Gasteiger partial charge in [-0.2, -0.15) is 5.10 Å². The van der Waals surface area contributed by atoms with E-state index in [1.54, 1.807) is 4.68 Å². The summed E-state index contributed by atoms with van der Waals surface area (Å²) in [4.78, 5) is 12.3. The molecule has 0 spiro atoms. The molecule has 1 aliphatic carbocycles. The van der Waals surface area contributed by atoms with Gasteiger partial charge in [0.25, 0.3) is 0 Å². The van der Waals surface area contributed by atoms with E-state index in [1.165, 1.54) is 0 Å². The Labute approximate surface area is 114 Å². The Morgan fingerprint density at radius 1 is 1.53 bits per heavy atom. The van der Waals surface area contributed by atoms with Crippen LogP contribution < -0.4 is 5.32 Å². The summed E-state index contributed by atoms with van der Waals surface area (Å²) < 4.78 is 1.74. The van der Waals surface area contributed by atoms with Gasteiger partial charge in [-0.25, -0.2) is 0 Å². The molecule has 0 bridgehead atoms. The Hall–Kier alpha value is -1.36. The Kier molecular flexibility index (Phi) is 3.94. The van der Waals surface area contributed by atoms with Crippen molar-refractivity contribution >= 4 is 5.91 Å². The minimum absolute atomic E-state index is 0.0164. The lowest BCUT2D eigenvalue weighted by atomic mass is 9.98. The van der Waals surface area contributed by atoms with Crippen LogP contribution >= 0.6 is 0 Å². The summed E-state index contributed by atoms with van der Waals surface area (Å²) in [5.41, 5.74) is 1.47. The maximum absolute atomic E-state index is 12.3. The highest BCUT2D eigenvalue weighted by molar-refractivity contribution is 5.80. The van der Waals surface area contributed by atoms with E-state index >= 15 is 0 Å². The maximum Gasteiger partial charge on any atom is 0.245 e. The number of hydrogen-bond acceptors (Lipinski definition) is 3. The molecule has 1 saturated carbocycles. The van der Waals surface area contributed by atoms with Crippen LogP contribution in [0.25, 0.3) is 0 Å². The molecule has 19 heavy (non-hydrogen) atoms. The third kappa shape index (κ3) is 2.81. The smallest absolute Gasteiger partial charge is 0.245 e. The van der Waals surface area contributed by atoms with Crippen LogP contribution in [0.5, 0.6) is 0 Å². The summed E-state index contributed by atoms with van der Waals surface area (Å²) in [7, 11) is 0. The molecule has 1 unspecified atom stereocenters. The van der Waals surface area contributed by atoms with Crippen molar-refractivity contribution in [3.63, 3.8) is 0 Å². The van der Waals surface area contributed by atoms with E-state index in [0.717, 1.165) is 37.1 Å². The van der Waals surface area contributed by atoms with Crippen molar-refractivity contribution in [3.8, 4) is 0 Å². The van der Waals surface area contributed by atoms with Crippen molar-refractivity contribution in [3.05, 3.63) is 17.5 Å². The zero-order valence-electron chi connectivity index (χ0n) is 11.9. The van der Waals surface area contributed by atoms with Gasteiger partial charge in [0, 0.05) is 5.69 Å². The van der Waals surface area contributed by atoms with Gasteiger partial charge in [0.2, 0.25) is 5.91 Å². The molecule has 1 heterocycles. The number of nitrogens with zero attached hydrogens (tertiary/aromatic N) is 2. The lowest BCUT2D eigenvalue weighted by molar-refractivity contribution is -0.126. The maximum atomic E-state index is 12.3. The highest BCUT2D eigenvalue weighted by atomic mass is 16.3. The average Bonchev–Trinajstić information content (AvgIpc) is 2.96. The highest BCUT2D eigenvalue weighted by Crippen LogP contribution is 2.29. The van der Waals surface area contributed by atoms with Gasteiger partial charge in [-0.15, -0.1) is 0 Å². The van der Waals surface area contributed by atoms with Crippen LogP contribution in [0, 0.1) is 13.8 Å². The van der Waals surface area contributed by atoms with Gasteiger partial charge >= 0.3 is 0 Å². The van der Waals surface area contributed by atoms with Crippen molar-refractivity contribution in [1.82, 2.24) is 15.1 Å². The average molecular weight is 265 g/mol. The Morgan fingerprint density at radius 2 is 2.16 bits per heavy atom. The molecule has 2 rings (SSSR count). The number of aromatic nitrogens is 2. The number of nitrogens with one attached hydrogen (secondary N) is 1. The second kappa shape index (κ2) is 5.33. The molecular formula is C14H23N3O2. The van der Waals surface area contributed by atoms with Gasteiger partial charge in [0.1, 0.15) is 6.04 Å². The number of amides is 1. The van der Waals surface area contributed by atoms with Crippen molar-refractivity contribution < 1.29 is 9.90 Å². The Bertz CT molecular complexity index is 461. The molecule has 2 N–H and O–H groups in total. The van der Waals surface area contributed by atoms with E-state index in [4.69, 9.17) is 0 Å². The fourth-order valence-corrected chi connectivity index (χ4v) is 2.89. The first-order chi connectivity index (χ1) is 8.97. The van der Waals surface area contributed by atoms with Crippen molar-refractivity contribution in [2.24, 2.45) is 0 Å². The highest BCUT2D eigenvalue weighted by Gasteiger charge is 2.36. The van der Waals surface area contributed by atoms with Gasteiger partial charge in [0.05, 0.1) is 17.8 Å². The monoisotopic (exact) mass is 265 g/mol. The Morgan fingerprint density at radius 3 is 2.63 bits per heavy atom. The number of aliphatic hydroxyl groups is 1. The summed E-state index contributed by atoms with van der Waals surface area (Å²) in [6, 6.07) is 1.61. The molecule has 5 nitrogen and oxygen atoms in total. The topological polar surface area (TPSA) is 67.2 Å². The molecular weight excluding hydrogens is 242 g/mol. The first-order valence-corrected chi connectivity index (χ1v) is 6.93. The molecule has 1 amide bonds. The predicted octanol–water partition coefficient (Wildman–Crippen LogP) is 1.48. The van der Waals surface area contributed by atoms with Gasteiger partial charge in [-0.3, -0.25) is 9.48 Å². The molecule has 1 atom stereocenters. The molecule has 1 fully saturated rings. The zero-order valence-corrected chi connectivity index (χ0v) is 11.9. The van der Waals surface area contributed by atoms with Gasteiger partial charge in [-0.05, 0) is 39.7 Å². The molecule has 0 radical (unpaired) electrons. The normalized spacial score (nSPS) is 19.4. The summed E-state index contributed by atoms with van der Waals surface area (Å²) in [6.07, 6.45) is 3.85. The van der Waals surface area contributed by atoms with E-state index in [-0.39, 0.29) is 18.6 Å². The molecule has 106 valence electrons. The van der Waals surface area contributed by atoms with Crippen molar-refractivity contribution in [2.75, 3.05) is 6.61 Å². The third-order valence-electron chi connectivity index (χ3n) is 4.04. The number of carbonyl (C=O) groups is 1. The lowest BCUT2D eigenvalue weighted by Crippen LogP contribution is -2.51. The number of rotatable bonds is 4. The third-order valence-corrected chi connectivity index (χ3v) is 4.04. The standard InChI is InChI=1S/C14H23N3O2/c1-10-8-11(2)17(16-10)12(3)13(19)15-14(9-18)6-4-5-7-14/h8,12,18H,4-7,9H2,1-3H3,(H,15,19). The minimum Gasteiger partial charge on any atom is -0.394 e. The minimum atomic E-state index is -0.415. The summed E-state index contributed by atoms with van der Waals surface area (Å²) >= 11 is 0. The summed E-state index contributed by atoms with van der Waals surface area (Å²) in [5.74, 6) is -0.0675. The second-order valence-electron chi connectivity index (χ2n) is 5.68. The zero-order chi connectivity index (χ0) is 14.0. The fourth-order valence-electron chi connectivity index (χ4n) is 2.89. The molecule has 1 aromatic heterocycles. The van der Waals surface area contributed by atoms with Crippen molar-refractivity contribution in [1.29, 1.82) is 0 Å². The van der Waals surface area contributed by atoms with Gasteiger partial charge in [-0.1, -0.05) is 12.8 Å².